The van der Waals surface area contributed by atoms with Gasteiger partial charge in [-0.1, -0.05) is 41.2 Å². The molecule has 0 saturated carbocycles. The lowest BCUT2D eigenvalue weighted by Gasteiger charge is -2.39. The van der Waals surface area contributed by atoms with Crippen molar-refractivity contribution in [1.82, 2.24) is 9.88 Å². The van der Waals surface area contributed by atoms with E-state index in [9.17, 15) is 4.79 Å². The van der Waals surface area contributed by atoms with E-state index in [0.29, 0.717) is 5.92 Å². The van der Waals surface area contributed by atoms with Crippen molar-refractivity contribution in [2.45, 2.75) is 47.5 Å². The number of aromatic amines is 1. The lowest BCUT2D eigenvalue weighted by atomic mass is 9.84. The number of hydrogen-bond donors (Lipinski definition) is 2. The number of benzene rings is 1. The maximum atomic E-state index is 13.1. The molecule has 2 aliphatic heterocycles. The minimum absolute atomic E-state index is 0.176. The number of methoxy groups -OCH3 is 1. The topological polar surface area (TPSA) is 65.6 Å². The van der Waals surface area contributed by atoms with Gasteiger partial charge in [-0.3, -0.25) is 9.69 Å². The van der Waals surface area contributed by atoms with E-state index in [1.165, 1.54) is 28.5 Å². The molecule has 3 atom stereocenters. The molecule has 2 aliphatic rings. The summed E-state index contributed by atoms with van der Waals surface area (Å²) in [5.74, 6) is 1.16. The SMILES string of the molecule is CCC1=C[C@H]2CN(C1)Cc1c([nH]c3ccc(SCCCCO)cc13)[C@](I)(C(=O)OC)C2. The average molecular weight is 554 g/mol. The third kappa shape index (κ3) is 4.70. The van der Waals surface area contributed by atoms with Crippen molar-refractivity contribution in [3.8, 4) is 0 Å². The minimum Gasteiger partial charge on any atom is -0.468 e. The molecule has 0 aliphatic carbocycles. The number of halogens is 1. The Balaban J connectivity index is 1.77. The van der Waals surface area contributed by atoms with Gasteiger partial charge in [-0.05, 0) is 61.1 Å². The van der Waals surface area contributed by atoms with Gasteiger partial charge in [-0.25, -0.2) is 0 Å². The van der Waals surface area contributed by atoms with Crippen molar-refractivity contribution in [2.75, 3.05) is 32.6 Å². The molecule has 2 N–H and O–H groups in total. The van der Waals surface area contributed by atoms with Gasteiger partial charge < -0.3 is 14.8 Å². The summed E-state index contributed by atoms with van der Waals surface area (Å²) in [6.45, 7) is 5.28. The monoisotopic (exact) mass is 554 g/mol. The molecule has 0 radical (unpaired) electrons. The Morgan fingerprint density at radius 2 is 2.23 bits per heavy atom. The Labute approximate surface area is 202 Å². The number of thioether (sulfide) groups is 1. The maximum Gasteiger partial charge on any atom is 0.327 e. The van der Waals surface area contributed by atoms with Crippen molar-refractivity contribution in [3.63, 3.8) is 0 Å². The van der Waals surface area contributed by atoms with Crippen molar-refractivity contribution >= 4 is 51.2 Å². The Bertz CT molecular complexity index is 989. The zero-order valence-electron chi connectivity index (χ0n) is 18.2. The number of nitrogens with zero attached hydrogens (tertiary/aromatic N) is 1. The van der Waals surface area contributed by atoms with Crippen LogP contribution in [0.4, 0.5) is 0 Å². The van der Waals surface area contributed by atoms with Crippen LogP contribution in [0.15, 0.2) is 34.7 Å². The molecular weight excluding hydrogens is 523 g/mol. The highest BCUT2D eigenvalue weighted by atomic mass is 127. The average Bonchev–Trinajstić information content (AvgIpc) is 3.13. The van der Waals surface area contributed by atoms with Crippen LogP contribution in [0.5, 0.6) is 0 Å². The van der Waals surface area contributed by atoms with Crippen LogP contribution < -0.4 is 0 Å². The minimum atomic E-state index is -0.723. The molecule has 168 valence electrons. The van der Waals surface area contributed by atoms with Gasteiger partial charge in [0.25, 0.3) is 0 Å². The summed E-state index contributed by atoms with van der Waals surface area (Å²) >= 11 is 4.16. The second-order valence-electron chi connectivity index (χ2n) is 8.57. The van der Waals surface area contributed by atoms with Crippen LogP contribution in [0.1, 0.15) is 43.9 Å². The van der Waals surface area contributed by atoms with E-state index in [1.54, 1.807) is 0 Å². The number of carbonyl (C=O) groups is 1. The Morgan fingerprint density at radius 1 is 1.39 bits per heavy atom. The van der Waals surface area contributed by atoms with Crippen LogP contribution in [-0.2, 0) is 19.5 Å². The highest BCUT2D eigenvalue weighted by Gasteiger charge is 2.46. The van der Waals surface area contributed by atoms with Crippen LogP contribution in [0.2, 0.25) is 0 Å². The fourth-order valence-corrected chi connectivity index (χ4v) is 7.05. The Kier molecular flexibility index (Phi) is 7.35. The molecule has 4 rings (SSSR count). The molecule has 0 fully saturated rings. The smallest absolute Gasteiger partial charge is 0.327 e. The number of unbranched alkanes of at least 4 members (excludes halogenated alkanes) is 1. The van der Waals surface area contributed by atoms with Gasteiger partial charge in [-0.2, -0.15) is 0 Å². The third-order valence-corrected chi connectivity index (χ3v) is 8.87. The second-order valence-corrected chi connectivity index (χ2v) is 11.6. The van der Waals surface area contributed by atoms with Gasteiger partial charge in [0.1, 0.15) is 0 Å². The zero-order chi connectivity index (χ0) is 22.0. The molecule has 31 heavy (non-hydrogen) atoms. The van der Waals surface area contributed by atoms with E-state index < -0.39 is 3.42 Å². The standard InChI is InChI=1S/C24H31IN2O3S/c1-3-16-10-17-12-24(25,23(29)30-2)22-20(15-27(13-16)14-17)19-11-18(6-7-21(19)26-22)31-9-5-4-8-28/h6-7,10-11,17,26,28H,3-5,8-9,12-15H2,1-2H3/t17-,24+/m1/s1. The molecule has 2 bridgehead atoms. The quantitative estimate of drug-likeness (QED) is 0.126. The van der Waals surface area contributed by atoms with Crippen molar-refractivity contribution in [3.05, 3.63) is 41.1 Å². The van der Waals surface area contributed by atoms with E-state index in [0.717, 1.165) is 62.3 Å². The van der Waals surface area contributed by atoms with E-state index in [2.05, 4.69) is 63.7 Å². The molecular formula is C24H31IN2O3S. The summed E-state index contributed by atoms with van der Waals surface area (Å²) in [5.41, 5.74) is 4.77. The third-order valence-electron chi connectivity index (χ3n) is 6.37. The number of nitrogens with one attached hydrogen (secondary N) is 1. The van der Waals surface area contributed by atoms with Crippen LogP contribution >= 0.6 is 34.4 Å². The van der Waals surface area contributed by atoms with Crippen molar-refractivity contribution in [1.29, 1.82) is 0 Å². The summed E-state index contributed by atoms with van der Waals surface area (Å²) in [6.07, 6.45) is 6.03. The normalized spacial score (nSPS) is 25.5. The molecule has 0 spiro atoms. The fraction of sp³-hybridized carbons (Fsp3) is 0.542. The predicted molar refractivity (Wildman–Crippen MR) is 135 cm³/mol. The molecule has 0 amide bonds. The molecule has 1 aromatic carbocycles. The number of fused-ring (bicyclic) bond motifs is 5. The predicted octanol–water partition coefficient (Wildman–Crippen LogP) is 5.01. The molecule has 7 heteroatoms. The first-order chi connectivity index (χ1) is 15.0. The second kappa shape index (κ2) is 9.85. The molecule has 1 aromatic heterocycles. The first-order valence-electron chi connectivity index (χ1n) is 11.1. The number of esters is 1. The van der Waals surface area contributed by atoms with Gasteiger partial charge in [0.15, 0.2) is 3.42 Å². The summed E-state index contributed by atoms with van der Waals surface area (Å²) in [6, 6.07) is 6.56. The molecule has 1 unspecified atom stereocenters. The number of ether oxygens (including phenoxy) is 1. The first kappa shape index (κ1) is 23.1. The van der Waals surface area contributed by atoms with E-state index in [4.69, 9.17) is 9.84 Å². The summed E-state index contributed by atoms with van der Waals surface area (Å²) in [4.78, 5) is 20.4. The van der Waals surface area contributed by atoms with Crippen LogP contribution in [0, 0.1) is 5.92 Å². The Morgan fingerprint density at radius 3 is 2.97 bits per heavy atom. The number of hydrogen-bond acceptors (Lipinski definition) is 5. The van der Waals surface area contributed by atoms with Gasteiger partial charge in [0.2, 0.25) is 0 Å². The lowest BCUT2D eigenvalue weighted by Crippen LogP contribution is -2.43. The van der Waals surface area contributed by atoms with Crippen molar-refractivity contribution in [2.24, 2.45) is 5.92 Å². The lowest BCUT2D eigenvalue weighted by molar-refractivity contribution is -0.143. The number of rotatable bonds is 7. The first-order valence-corrected chi connectivity index (χ1v) is 13.1. The van der Waals surface area contributed by atoms with Crippen LogP contribution in [0.3, 0.4) is 0 Å². The number of aliphatic hydroxyl groups excluding tert-OH is 1. The molecule has 3 heterocycles. The largest absolute Gasteiger partial charge is 0.468 e. The molecule has 0 saturated heterocycles. The van der Waals surface area contributed by atoms with Crippen LogP contribution in [0.25, 0.3) is 10.9 Å². The zero-order valence-corrected chi connectivity index (χ0v) is 21.2. The van der Waals surface area contributed by atoms with Gasteiger partial charge in [0.05, 0.1) is 7.11 Å². The highest BCUT2D eigenvalue weighted by Crippen LogP contribution is 2.46. The number of carbonyl (C=O) groups excluding carboxylic acids is 1. The highest BCUT2D eigenvalue weighted by molar-refractivity contribution is 14.1. The van der Waals surface area contributed by atoms with Gasteiger partial charge in [-0.15, -0.1) is 11.8 Å². The number of H-pyrrole nitrogens is 1. The molecule has 2 aromatic rings. The van der Waals surface area contributed by atoms with Crippen molar-refractivity contribution < 1.29 is 14.6 Å². The molecule has 5 nitrogen and oxygen atoms in total. The van der Waals surface area contributed by atoms with Crippen LogP contribution in [-0.4, -0.2) is 53.5 Å². The van der Waals surface area contributed by atoms with E-state index >= 15 is 0 Å². The Hall–Kier alpha value is -1.03. The van der Waals surface area contributed by atoms with Gasteiger partial charge in [0, 0.05) is 47.7 Å². The van der Waals surface area contributed by atoms with E-state index in [1.807, 2.05) is 11.8 Å². The summed E-state index contributed by atoms with van der Waals surface area (Å²) in [5, 5.41) is 10.2. The summed E-state index contributed by atoms with van der Waals surface area (Å²) in [7, 11) is 1.49. The number of alkyl halides is 1. The van der Waals surface area contributed by atoms with E-state index in [-0.39, 0.29) is 12.6 Å². The summed E-state index contributed by atoms with van der Waals surface area (Å²) < 4.78 is 4.58. The van der Waals surface area contributed by atoms with Gasteiger partial charge >= 0.3 is 5.97 Å². The fourth-order valence-electron chi connectivity index (χ4n) is 4.85. The number of aliphatic hydroxyl groups is 1. The maximum absolute atomic E-state index is 13.1. The number of aromatic nitrogens is 1.